The average Bonchev–Trinajstić information content (AvgIpc) is 1.60. The quantitative estimate of drug-likeness (QED) is 0.0146. The molecule has 0 aliphatic carbocycles. The number of carboxylic acid groups (broad SMARTS) is 2. The SMILES string of the molecule is C=C1C[C@H]2C(O)N(C(=O)OCc3ccc(O[C@@H]4O[C@H](C(=O)O)[C@@H](O)[C@H](O)[C@H]4O)c(C(=O)NCCCNC(=O)[C@H](Cc4c[nH]cn4)N4C(=O)CC(C)C4=O)c3)c3cc(OCCCCCOc4cc5c(cc4OC)C(=O)N4CC(=C)C[C@H]4C(O)N5C(=O)OCc4ccc(O[C@@H]5O[C@H](C(=O)O)[C@@H](O)[C@H](O)[C@H]5O)c(C(=O)NCCOC)c4)c(OC)cc3C(=O)N2C1. The Labute approximate surface area is 694 Å². The number of hydrogen-bond acceptors (Lipinski definition) is 31. The summed E-state index contributed by atoms with van der Waals surface area (Å²) in [5.41, 5.74) is 0.693. The summed E-state index contributed by atoms with van der Waals surface area (Å²) in [4.78, 5) is 162. The average molecular weight is 1710 g/mol. The normalized spacial score (nSPS) is 25.1. The van der Waals surface area contributed by atoms with Crippen LogP contribution in [-0.2, 0) is 67.3 Å². The first-order chi connectivity index (χ1) is 58.3. The predicted octanol–water partition coefficient (Wildman–Crippen LogP) is -0.293. The van der Waals surface area contributed by atoms with Crippen molar-refractivity contribution in [2.75, 3.05) is 83.7 Å². The smallest absolute Gasteiger partial charge is 0.416 e. The number of likely N-dealkylation sites (tertiary alicyclic amines) is 1. The van der Waals surface area contributed by atoms with Crippen LogP contribution in [0.15, 0.2) is 97.5 Å². The number of methoxy groups -OCH3 is 3. The van der Waals surface area contributed by atoms with Gasteiger partial charge < -0.3 is 134 Å². The molecule has 12 rings (SSSR count). The highest BCUT2D eigenvalue weighted by Crippen LogP contribution is 2.45. The maximum Gasteiger partial charge on any atom is 0.416 e. The lowest BCUT2D eigenvalue weighted by Crippen LogP contribution is -2.61. The Hall–Kier alpha value is -12.1. The van der Waals surface area contributed by atoms with Gasteiger partial charge in [0.2, 0.25) is 30.3 Å². The molecule has 0 bridgehead atoms. The Bertz CT molecular complexity index is 4820. The number of ether oxygens (including phenoxy) is 11. The number of rotatable bonds is 33. The van der Waals surface area contributed by atoms with E-state index in [0.29, 0.717) is 36.1 Å². The van der Waals surface area contributed by atoms with E-state index in [1.54, 1.807) is 6.92 Å². The van der Waals surface area contributed by atoms with Crippen molar-refractivity contribution < 1.29 is 156 Å². The molecular formula is C80H94N10O32. The highest BCUT2D eigenvalue weighted by molar-refractivity contribution is 6.09. The van der Waals surface area contributed by atoms with Crippen molar-refractivity contribution in [1.29, 1.82) is 0 Å². The molecule has 0 radical (unpaired) electrons. The zero-order chi connectivity index (χ0) is 87.8. The largest absolute Gasteiger partial charge is 0.493 e. The lowest BCUT2D eigenvalue weighted by molar-refractivity contribution is -0.271. The van der Waals surface area contributed by atoms with Crippen molar-refractivity contribution in [2.45, 2.75) is 163 Å². The first-order valence-corrected chi connectivity index (χ1v) is 38.9. The van der Waals surface area contributed by atoms with Gasteiger partial charge in [0.15, 0.2) is 47.7 Å². The van der Waals surface area contributed by atoms with E-state index in [4.69, 9.17) is 52.1 Å². The van der Waals surface area contributed by atoms with Crippen molar-refractivity contribution in [3.8, 4) is 34.5 Å². The lowest BCUT2D eigenvalue weighted by Gasteiger charge is -2.38. The molecule has 0 saturated carbocycles. The molecule has 5 fully saturated rings. The van der Waals surface area contributed by atoms with Gasteiger partial charge in [-0.15, -0.1) is 0 Å². The van der Waals surface area contributed by atoms with Crippen molar-refractivity contribution in [2.24, 2.45) is 5.92 Å². The van der Waals surface area contributed by atoms with Crippen molar-refractivity contribution in [3.63, 3.8) is 0 Å². The monoisotopic (exact) mass is 1710 g/mol. The number of anilines is 2. The number of imide groups is 1. The van der Waals surface area contributed by atoms with Crippen LogP contribution in [0.25, 0.3) is 0 Å². The van der Waals surface area contributed by atoms with Crippen LogP contribution in [-0.4, -0.2) is 307 Å². The fourth-order valence-electron chi connectivity index (χ4n) is 15.1. The van der Waals surface area contributed by atoms with E-state index >= 15 is 0 Å². The Morgan fingerprint density at radius 2 is 1.02 bits per heavy atom. The van der Waals surface area contributed by atoms with E-state index in [1.807, 2.05) is 0 Å². The first-order valence-electron chi connectivity index (χ1n) is 38.9. The number of benzene rings is 4. The predicted molar refractivity (Wildman–Crippen MR) is 414 cm³/mol. The minimum atomic E-state index is -2.11. The third kappa shape index (κ3) is 19.1. The summed E-state index contributed by atoms with van der Waals surface area (Å²) in [6.07, 6.45) is -22.3. The highest BCUT2D eigenvalue weighted by atomic mass is 16.7. The summed E-state index contributed by atoms with van der Waals surface area (Å²) in [6, 6.07) is 9.57. The van der Waals surface area contributed by atoms with E-state index < -0.39 is 177 Å². The third-order valence-corrected chi connectivity index (χ3v) is 21.5. The van der Waals surface area contributed by atoms with Crippen LogP contribution in [0.1, 0.15) is 110 Å². The standard InChI is InChI=1S/C80H94N10O32/c1-37-21-50-73(104)89(79(110)117-34-40-11-13-52(119-77-63(96)59(92)61(94)65(121-77)75(106)107)45(24-40)67(98)82-15-10-16-83-69(100)49(26-42-31-81-36-85-42)88-58(91)23-39(3)70(88)101)47-29-56(54(113-5)27-43(47)71(102)86(50)32-37)115-18-8-7-9-19-116-57-30-48-44(28-55(57)114-6)72(103)87-33-38(2)22-51(87)74(105)90(48)80(111)118-35-41-12-14-53(46(25-41)68(99)84-17-20-112-4)120-78-64(97)60(93)62(95)66(122-78)76(108)109/h11-14,24-25,27-31,36,39,49-51,59-66,73-74,77-78,92-97,104-105H,1-2,7-10,15-23,26,32-35H2,3-6H3,(H,81,85)(H,82,98)(H,83,100)(H,84,99)(H,106,107)(H,108,109)/t39?,49-,50-,51-,59-,60-,61-,62-,63+,64+,65-,66-,73?,74?,77+,78+/m0/s1. The summed E-state index contributed by atoms with van der Waals surface area (Å²) in [7, 11) is 4.05. The van der Waals surface area contributed by atoms with Crippen LogP contribution in [0.2, 0.25) is 0 Å². The molecule has 1 aromatic heterocycles. The number of fused-ring (bicyclic) bond motifs is 4. The van der Waals surface area contributed by atoms with Crippen molar-refractivity contribution >= 4 is 76.9 Å². The number of carbonyl (C=O) groups is 11. The van der Waals surface area contributed by atoms with Crippen molar-refractivity contribution in [1.82, 2.24) is 40.6 Å². The number of carbonyl (C=O) groups excluding carboxylic acids is 9. The molecule has 9 amide bonds. The summed E-state index contributed by atoms with van der Waals surface area (Å²) in [5.74, 6) is -9.15. The first kappa shape index (κ1) is 89.2. The van der Waals surface area contributed by atoms with Gasteiger partial charge in [0.05, 0.1) is 91.8 Å². The summed E-state index contributed by atoms with van der Waals surface area (Å²) in [5, 5.41) is 115. The van der Waals surface area contributed by atoms with Crippen molar-refractivity contribution in [3.05, 3.63) is 137 Å². The molecule has 4 aromatic carbocycles. The van der Waals surface area contributed by atoms with E-state index in [9.17, 15) is 104 Å². The Kier molecular flexibility index (Phi) is 28.3. The number of aromatic amines is 1. The summed E-state index contributed by atoms with van der Waals surface area (Å²) in [6.45, 7) is 8.23. The number of H-pyrrole nitrogens is 1. The molecule has 5 aromatic rings. The molecule has 0 spiro atoms. The fraction of sp³-hybridized carbons (Fsp3) is 0.475. The van der Waals surface area contributed by atoms with Gasteiger partial charge in [-0.2, -0.15) is 0 Å². The van der Waals surface area contributed by atoms with Gasteiger partial charge in [-0.05, 0) is 86.1 Å². The number of aliphatic hydroxyl groups excluding tert-OH is 8. The van der Waals surface area contributed by atoms with Crippen LogP contribution < -0.4 is 54.2 Å². The molecule has 122 heavy (non-hydrogen) atoms. The number of unbranched alkanes of at least 4 members (excludes halogenated alkanes) is 2. The van der Waals surface area contributed by atoms with Crippen LogP contribution in [0.5, 0.6) is 34.5 Å². The molecule has 7 aliphatic heterocycles. The van der Waals surface area contributed by atoms with E-state index in [0.717, 1.165) is 14.7 Å². The Morgan fingerprint density at radius 3 is 1.45 bits per heavy atom. The van der Waals surface area contributed by atoms with Gasteiger partial charge in [0, 0.05) is 76.9 Å². The van der Waals surface area contributed by atoms with Gasteiger partial charge in [-0.25, -0.2) is 34.0 Å². The second-order valence-electron chi connectivity index (χ2n) is 29.9. The van der Waals surface area contributed by atoms with E-state index in [-0.39, 0.29) is 164 Å². The minimum absolute atomic E-state index is 0.00423. The molecule has 14 N–H and O–H groups in total. The summed E-state index contributed by atoms with van der Waals surface area (Å²) >= 11 is 0. The number of nitrogens with one attached hydrogen (secondary N) is 4. The number of aliphatic carboxylic acids is 2. The zero-order valence-electron chi connectivity index (χ0n) is 66.4. The van der Waals surface area contributed by atoms with Gasteiger partial charge in [-0.1, -0.05) is 43.4 Å². The lowest BCUT2D eigenvalue weighted by atomic mass is 9.99. The number of aliphatic hydroxyl groups is 8. The highest BCUT2D eigenvalue weighted by Gasteiger charge is 2.53. The fourth-order valence-corrected chi connectivity index (χ4v) is 15.1. The number of carboxylic acids is 2. The molecule has 7 aliphatic rings. The van der Waals surface area contributed by atoms with Crippen LogP contribution in [0, 0.1) is 5.92 Å². The second-order valence-corrected chi connectivity index (χ2v) is 29.9. The molecule has 3 unspecified atom stereocenters. The van der Waals surface area contributed by atoms with Crippen LogP contribution in [0.3, 0.4) is 0 Å². The number of hydrogen-bond donors (Lipinski definition) is 14. The zero-order valence-corrected chi connectivity index (χ0v) is 66.4. The molecule has 656 valence electrons. The number of imidazole rings is 1. The minimum Gasteiger partial charge on any atom is -0.493 e. The van der Waals surface area contributed by atoms with Gasteiger partial charge in [0.25, 0.3) is 23.6 Å². The molecule has 42 heteroatoms. The maximum atomic E-state index is 14.8. The number of aromatic nitrogens is 2. The molecular weight excluding hydrogens is 1610 g/mol. The maximum absolute atomic E-state index is 14.8. The van der Waals surface area contributed by atoms with E-state index in [2.05, 4.69) is 39.1 Å². The molecule has 8 heterocycles. The van der Waals surface area contributed by atoms with Gasteiger partial charge in [-0.3, -0.25) is 38.5 Å². The number of amides is 9. The molecule has 42 nitrogen and oxygen atoms in total. The van der Waals surface area contributed by atoms with Crippen LogP contribution >= 0.6 is 0 Å². The van der Waals surface area contributed by atoms with Gasteiger partial charge >= 0.3 is 24.1 Å². The molecule has 16 atom stereocenters. The topological polar surface area (TPSA) is 573 Å². The van der Waals surface area contributed by atoms with Gasteiger partial charge in [0.1, 0.15) is 67.4 Å². The summed E-state index contributed by atoms with van der Waals surface area (Å²) < 4.78 is 62.9. The molecule has 5 saturated heterocycles. The Balaban J connectivity index is 0.718. The number of nitrogens with zero attached hydrogens (tertiary/aromatic N) is 6. The third-order valence-electron chi connectivity index (χ3n) is 21.5. The van der Waals surface area contributed by atoms with E-state index in [1.165, 1.54) is 104 Å². The second kappa shape index (κ2) is 38.7. The van der Waals surface area contributed by atoms with Crippen LogP contribution in [0.4, 0.5) is 21.0 Å². The Morgan fingerprint density at radius 1 is 0.557 bits per heavy atom.